The van der Waals surface area contributed by atoms with Gasteiger partial charge >= 0.3 is 5.97 Å². The van der Waals surface area contributed by atoms with E-state index in [1.54, 1.807) is 13.0 Å². The summed E-state index contributed by atoms with van der Waals surface area (Å²) in [6, 6.07) is 10.8. The number of hydrogen-bond acceptors (Lipinski definition) is 3. The third-order valence-corrected chi connectivity index (χ3v) is 5.11. The van der Waals surface area contributed by atoms with Crippen molar-refractivity contribution < 1.29 is 18.7 Å². The highest BCUT2D eigenvalue weighted by Gasteiger charge is 2.27. The summed E-state index contributed by atoms with van der Waals surface area (Å²) in [6.07, 6.45) is 2.02. The summed E-state index contributed by atoms with van der Waals surface area (Å²) in [5.74, 6) is -1.26. The maximum atomic E-state index is 13.2. The molecule has 1 amide bonds. The quantitative estimate of drug-likeness (QED) is 0.641. The molecule has 0 atom stereocenters. The lowest BCUT2D eigenvalue weighted by Crippen LogP contribution is -2.28. The van der Waals surface area contributed by atoms with Gasteiger partial charge in [-0.1, -0.05) is 11.6 Å². The van der Waals surface area contributed by atoms with Gasteiger partial charge in [0.05, 0.1) is 17.9 Å². The molecule has 2 heterocycles. The number of fused-ring (bicyclic) bond motifs is 3. The van der Waals surface area contributed by atoms with Crippen LogP contribution in [0.3, 0.4) is 0 Å². The van der Waals surface area contributed by atoms with Gasteiger partial charge in [0.1, 0.15) is 5.82 Å². The van der Waals surface area contributed by atoms with Crippen LogP contribution in [0, 0.1) is 5.82 Å². The largest absolute Gasteiger partial charge is 0.462 e. The molecule has 0 unspecified atom stereocenters. The maximum absolute atomic E-state index is 13.2. The average Bonchev–Trinajstić information content (AvgIpc) is 2.94. The zero-order chi connectivity index (χ0) is 20.5. The van der Waals surface area contributed by atoms with Crippen LogP contribution in [-0.2, 0) is 16.0 Å². The second-order valence-corrected chi connectivity index (χ2v) is 7.12. The number of carbonyl (C=O) groups is 2. The van der Waals surface area contributed by atoms with Crippen LogP contribution < -0.4 is 0 Å². The number of benzene rings is 2. The van der Waals surface area contributed by atoms with Gasteiger partial charge in [-0.25, -0.2) is 9.18 Å². The molecule has 1 aliphatic heterocycles. The van der Waals surface area contributed by atoms with Crippen molar-refractivity contribution in [3.63, 3.8) is 0 Å². The topological polar surface area (TPSA) is 62.4 Å². The molecule has 0 aliphatic carbocycles. The van der Waals surface area contributed by atoms with E-state index in [0.717, 1.165) is 16.5 Å². The highest BCUT2D eigenvalue weighted by atomic mass is 35.5. The van der Waals surface area contributed by atoms with E-state index in [-0.39, 0.29) is 18.1 Å². The standard InChI is InChI=1S/C22H18ClFN2O3/c1-2-29-22(28)18-12-26(21(27)13-3-6-15(24)7-4-13)10-9-16-17-11-14(23)5-8-19(17)25-20(16)18/h3-8,11-12,25H,2,9-10H2,1H3. The molecule has 0 radical (unpaired) electrons. The van der Waals surface area contributed by atoms with Crippen molar-refractivity contribution in [2.24, 2.45) is 0 Å². The van der Waals surface area contributed by atoms with Gasteiger partial charge in [0.2, 0.25) is 0 Å². The number of aromatic amines is 1. The minimum Gasteiger partial charge on any atom is -0.462 e. The van der Waals surface area contributed by atoms with Crippen LogP contribution in [0.25, 0.3) is 16.5 Å². The third-order valence-electron chi connectivity index (χ3n) is 4.87. The molecular formula is C22H18ClFN2O3. The van der Waals surface area contributed by atoms with E-state index in [1.807, 2.05) is 12.1 Å². The summed E-state index contributed by atoms with van der Waals surface area (Å²) in [5, 5.41) is 1.49. The fraction of sp³-hybridized carbons (Fsp3) is 0.182. The Kier molecular flexibility index (Phi) is 5.11. The minimum atomic E-state index is -0.523. The monoisotopic (exact) mass is 412 g/mol. The van der Waals surface area contributed by atoms with Crippen LogP contribution in [0.2, 0.25) is 5.02 Å². The van der Waals surface area contributed by atoms with Gasteiger partial charge in [0.25, 0.3) is 5.91 Å². The molecule has 3 aromatic rings. The van der Waals surface area contributed by atoms with Gasteiger partial charge in [-0.15, -0.1) is 0 Å². The van der Waals surface area contributed by atoms with E-state index in [9.17, 15) is 14.0 Å². The lowest BCUT2D eigenvalue weighted by Gasteiger charge is -2.18. The third kappa shape index (κ3) is 3.63. The van der Waals surface area contributed by atoms with Crippen LogP contribution >= 0.6 is 11.6 Å². The van der Waals surface area contributed by atoms with Crippen molar-refractivity contribution in [1.29, 1.82) is 0 Å². The van der Waals surface area contributed by atoms with Crippen molar-refractivity contribution in [3.8, 4) is 0 Å². The smallest absolute Gasteiger partial charge is 0.341 e. The van der Waals surface area contributed by atoms with E-state index >= 15 is 0 Å². The van der Waals surface area contributed by atoms with Gasteiger partial charge in [-0.2, -0.15) is 0 Å². The van der Waals surface area contributed by atoms with Crippen molar-refractivity contribution in [2.45, 2.75) is 13.3 Å². The van der Waals surface area contributed by atoms with Crippen LogP contribution in [0.1, 0.15) is 28.5 Å². The number of nitrogens with one attached hydrogen (secondary N) is 1. The van der Waals surface area contributed by atoms with Crippen LogP contribution in [-0.4, -0.2) is 34.9 Å². The molecule has 1 aliphatic rings. The Labute approximate surface area is 171 Å². The number of hydrogen-bond donors (Lipinski definition) is 1. The maximum Gasteiger partial charge on any atom is 0.341 e. The average molecular weight is 413 g/mol. The van der Waals surface area contributed by atoms with E-state index in [0.29, 0.717) is 29.2 Å². The molecule has 0 saturated heterocycles. The Bertz CT molecular complexity index is 1130. The Morgan fingerprint density at radius 1 is 1.21 bits per heavy atom. The van der Waals surface area contributed by atoms with Gasteiger partial charge in [0.15, 0.2) is 0 Å². The van der Waals surface area contributed by atoms with E-state index in [1.165, 1.54) is 35.4 Å². The summed E-state index contributed by atoms with van der Waals surface area (Å²) in [4.78, 5) is 30.4. The molecule has 0 spiro atoms. The molecule has 7 heteroatoms. The number of nitrogens with zero attached hydrogens (tertiary/aromatic N) is 1. The first-order valence-corrected chi connectivity index (χ1v) is 9.61. The predicted octanol–water partition coefficient (Wildman–Crippen LogP) is 4.56. The summed E-state index contributed by atoms with van der Waals surface area (Å²) < 4.78 is 18.4. The Morgan fingerprint density at radius 2 is 1.97 bits per heavy atom. The van der Waals surface area contributed by atoms with Gasteiger partial charge in [-0.05, 0) is 61.4 Å². The van der Waals surface area contributed by atoms with Crippen molar-refractivity contribution in [2.75, 3.05) is 13.2 Å². The molecule has 1 aromatic heterocycles. The molecule has 4 rings (SSSR count). The molecule has 0 saturated carbocycles. The second-order valence-electron chi connectivity index (χ2n) is 6.69. The van der Waals surface area contributed by atoms with Gasteiger partial charge in [-0.3, -0.25) is 4.79 Å². The number of halogens is 2. The Morgan fingerprint density at radius 3 is 2.69 bits per heavy atom. The van der Waals surface area contributed by atoms with Gasteiger partial charge < -0.3 is 14.6 Å². The predicted molar refractivity (Wildman–Crippen MR) is 109 cm³/mol. The Hall–Kier alpha value is -3.12. The molecule has 2 aromatic carbocycles. The first-order chi connectivity index (χ1) is 14.0. The molecule has 0 fully saturated rings. The lowest BCUT2D eigenvalue weighted by molar-refractivity contribution is -0.136. The number of ether oxygens (including phenoxy) is 1. The van der Waals surface area contributed by atoms with Crippen LogP contribution in [0.15, 0.2) is 48.7 Å². The zero-order valence-corrected chi connectivity index (χ0v) is 16.4. The molecule has 29 heavy (non-hydrogen) atoms. The van der Waals surface area contributed by atoms with Crippen LogP contribution in [0.5, 0.6) is 0 Å². The van der Waals surface area contributed by atoms with Crippen molar-refractivity contribution in [1.82, 2.24) is 9.88 Å². The number of esters is 1. The van der Waals surface area contributed by atoms with E-state index in [4.69, 9.17) is 16.3 Å². The fourth-order valence-corrected chi connectivity index (χ4v) is 3.68. The number of carbonyl (C=O) groups excluding carboxylic acids is 2. The van der Waals surface area contributed by atoms with E-state index < -0.39 is 11.8 Å². The summed E-state index contributed by atoms with van der Waals surface area (Å²) in [7, 11) is 0. The molecule has 148 valence electrons. The normalized spacial score (nSPS) is 13.6. The number of aromatic nitrogens is 1. The fourth-order valence-electron chi connectivity index (χ4n) is 3.51. The van der Waals surface area contributed by atoms with Crippen molar-refractivity contribution >= 4 is 40.0 Å². The molecule has 5 nitrogen and oxygen atoms in total. The highest BCUT2D eigenvalue weighted by molar-refractivity contribution is 6.31. The van der Waals surface area contributed by atoms with Crippen molar-refractivity contribution in [3.05, 3.63) is 76.3 Å². The second kappa shape index (κ2) is 7.72. The molecular weight excluding hydrogens is 395 g/mol. The highest BCUT2D eigenvalue weighted by Crippen LogP contribution is 2.33. The molecule has 0 bridgehead atoms. The first kappa shape index (κ1) is 19.2. The number of amides is 1. The summed E-state index contributed by atoms with van der Waals surface area (Å²) in [5.41, 5.74) is 2.98. The van der Waals surface area contributed by atoms with Crippen LogP contribution in [0.4, 0.5) is 4.39 Å². The summed E-state index contributed by atoms with van der Waals surface area (Å²) >= 11 is 6.16. The Balaban J connectivity index is 1.80. The zero-order valence-electron chi connectivity index (χ0n) is 15.7. The summed E-state index contributed by atoms with van der Waals surface area (Å²) in [6.45, 7) is 2.29. The minimum absolute atomic E-state index is 0.212. The lowest BCUT2D eigenvalue weighted by atomic mass is 10.0. The number of rotatable bonds is 3. The first-order valence-electron chi connectivity index (χ1n) is 9.24. The number of H-pyrrole nitrogens is 1. The SMILES string of the molecule is CCOC(=O)C1=CN(C(=O)c2ccc(F)cc2)CCc2c1[nH]c1ccc(Cl)cc21. The van der Waals surface area contributed by atoms with E-state index in [2.05, 4.69) is 4.98 Å². The van der Waals surface area contributed by atoms with Gasteiger partial charge in [0, 0.05) is 34.2 Å². The molecule has 1 N–H and O–H groups in total.